The summed E-state index contributed by atoms with van der Waals surface area (Å²) in [6.45, 7) is 3.88. The summed E-state index contributed by atoms with van der Waals surface area (Å²) in [6, 6.07) is 7.25. The Morgan fingerprint density at radius 1 is 1.20 bits per heavy atom. The number of aromatic amines is 1. The number of nitrogens with one attached hydrogen (secondary N) is 2. The Morgan fingerprint density at radius 2 is 1.94 bits per heavy atom. The molecule has 0 bridgehead atoms. The molecule has 1 amide bonds. The first-order chi connectivity index (χ1) is 17.0. The summed E-state index contributed by atoms with van der Waals surface area (Å²) in [6.07, 6.45) is 7.04. The highest BCUT2D eigenvalue weighted by Crippen LogP contribution is 2.39. The zero-order valence-corrected chi connectivity index (χ0v) is 21.0. The highest BCUT2D eigenvalue weighted by molar-refractivity contribution is 8.00. The van der Waals surface area contributed by atoms with Crippen molar-refractivity contribution in [1.82, 2.24) is 9.97 Å². The molecule has 35 heavy (non-hydrogen) atoms. The van der Waals surface area contributed by atoms with Crippen LogP contribution < -0.4 is 5.32 Å². The number of thiophene rings is 1. The second-order valence-corrected chi connectivity index (χ2v) is 10.5. The predicted molar refractivity (Wildman–Crippen MR) is 135 cm³/mol. The molecule has 4 heterocycles. The zero-order valence-electron chi connectivity index (χ0n) is 19.4. The van der Waals surface area contributed by atoms with E-state index in [9.17, 15) is 9.59 Å². The Labute approximate surface area is 210 Å². The summed E-state index contributed by atoms with van der Waals surface area (Å²) in [5, 5.41) is 3.63. The first kappa shape index (κ1) is 23.5. The van der Waals surface area contributed by atoms with Crippen LogP contribution in [0.25, 0.3) is 22.9 Å². The first-order valence-corrected chi connectivity index (χ1v) is 13.2. The predicted octanol–water partition coefficient (Wildman–Crippen LogP) is 6.17. The number of furan rings is 2. The van der Waals surface area contributed by atoms with E-state index in [4.69, 9.17) is 13.6 Å². The average molecular weight is 512 g/mol. The zero-order chi connectivity index (χ0) is 24.4. The minimum absolute atomic E-state index is 0.213. The van der Waals surface area contributed by atoms with Crippen LogP contribution in [0.3, 0.4) is 0 Å². The standard InChI is InChI=1S/C25H25N3O5S2/c1-3-31-24(30)19-15-8-4-5-11-18(15)35-23(19)28-22(29)14(2)34-25-26-20(16-9-6-12-32-16)21(27-25)17-10-7-13-33-17/h6-7,9-10,12-14H,3-5,8,11H2,1-2H3,(H,26,27)(H,28,29). The monoisotopic (exact) mass is 511 g/mol. The quantitative estimate of drug-likeness (QED) is 0.215. The van der Waals surface area contributed by atoms with Crippen LogP contribution in [0.15, 0.2) is 50.8 Å². The van der Waals surface area contributed by atoms with Crippen molar-refractivity contribution in [3.63, 3.8) is 0 Å². The van der Waals surface area contributed by atoms with E-state index in [1.54, 1.807) is 38.5 Å². The van der Waals surface area contributed by atoms with Gasteiger partial charge in [0.1, 0.15) is 16.4 Å². The molecule has 0 spiro atoms. The normalized spacial score (nSPS) is 13.9. The van der Waals surface area contributed by atoms with Gasteiger partial charge in [-0.1, -0.05) is 11.8 Å². The van der Waals surface area contributed by atoms with E-state index < -0.39 is 5.25 Å². The molecular weight excluding hydrogens is 486 g/mol. The van der Waals surface area contributed by atoms with Crippen LogP contribution in [0.2, 0.25) is 0 Å². The summed E-state index contributed by atoms with van der Waals surface area (Å²) in [5.41, 5.74) is 2.81. The molecule has 8 nitrogen and oxygen atoms in total. The summed E-state index contributed by atoms with van der Waals surface area (Å²) in [5.74, 6) is 0.630. The molecule has 1 atom stereocenters. The fraction of sp³-hybridized carbons (Fsp3) is 0.320. The minimum Gasteiger partial charge on any atom is -0.463 e. The van der Waals surface area contributed by atoms with Gasteiger partial charge < -0.3 is 23.9 Å². The molecular formula is C25H25N3O5S2. The maximum Gasteiger partial charge on any atom is 0.341 e. The Morgan fingerprint density at radius 3 is 2.66 bits per heavy atom. The number of anilines is 1. The Hall–Kier alpha value is -3.24. The molecule has 0 saturated heterocycles. The van der Waals surface area contributed by atoms with Gasteiger partial charge in [0.2, 0.25) is 5.91 Å². The molecule has 1 aliphatic rings. The number of fused-ring (bicyclic) bond motifs is 1. The molecule has 0 saturated carbocycles. The van der Waals surface area contributed by atoms with E-state index in [1.807, 2.05) is 12.1 Å². The van der Waals surface area contributed by atoms with Gasteiger partial charge in [0, 0.05) is 4.88 Å². The summed E-state index contributed by atoms with van der Waals surface area (Å²) in [4.78, 5) is 34.9. The van der Waals surface area contributed by atoms with Gasteiger partial charge in [-0.25, -0.2) is 9.78 Å². The molecule has 182 valence electrons. The van der Waals surface area contributed by atoms with Crippen molar-refractivity contribution < 1.29 is 23.2 Å². The fourth-order valence-electron chi connectivity index (χ4n) is 4.11. The highest BCUT2D eigenvalue weighted by Gasteiger charge is 2.29. The number of hydrogen-bond donors (Lipinski definition) is 2. The molecule has 1 aliphatic carbocycles. The summed E-state index contributed by atoms with van der Waals surface area (Å²) in [7, 11) is 0. The highest BCUT2D eigenvalue weighted by atomic mass is 32.2. The van der Waals surface area contributed by atoms with Gasteiger partial charge in [-0.2, -0.15) is 0 Å². The van der Waals surface area contributed by atoms with Crippen molar-refractivity contribution in [3.8, 4) is 22.9 Å². The van der Waals surface area contributed by atoms with Gasteiger partial charge in [0.05, 0.1) is 29.9 Å². The van der Waals surface area contributed by atoms with E-state index in [0.717, 1.165) is 36.1 Å². The SMILES string of the molecule is CCOC(=O)c1c(NC(=O)C(C)Sc2nc(-c3ccco3)c(-c3ccco3)[nH]2)sc2c1CCCC2. The number of aryl methyl sites for hydroxylation is 1. The number of thioether (sulfide) groups is 1. The molecule has 0 radical (unpaired) electrons. The lowest BCUT2D eigenvalue weighted by molar-refractivity contribution is -0.115. The largest absolute Gasteiger partial charge is 0.463 e. The van der Waals surface area contributed by atoms with Crippen LogP contribution in [-0.4, -0.2) is 33.7 Å². The van der Waals surface area contributed by atoms with E-state index >= 15 is 0 Å². The number of hydrogen-bond acceptors (Lipinski definition) is 8. The van der Waals surface area contributed by atoms with Gasteiger partial charge >= 0.3 is 5.97 Å². The number of esters is 1. The number of imidazole rings is 1. The molecule has 4 aromatic heterocycles. The Balaban J connectivity index is 1.37. The molecule has 2 N–H and O–H groups in total. The average Bonchev–Trinajstić information content (AvgIpc) is 3.64. The number of ether oxygens (including phenoxy) is 1. The number of aromatic nitrogens is 2. The fourth-order valence-corrected chi connectivity index (χ4v) is 6.19. The molecule has 4 aromatic rings. The number of rotatable bonds is 8. The molecule has 5 rings (SSSR count). The third kappa shape index (κ3) is 4.81. The number of amides is 1. The van der Waals surface area contributed by atoms with E-state index in [-0.39, 0.29) is 18.5 Å². The Bertz CT molecular complexity index is 1270. The summed E-state index contributed by atoms with van der Waals surface area (Å²) >= 11 is 2.77. The number of carbonyl (C=O) groups excluding carboxylic acids is 2. The topological polar surface area (TPSA) is 110 Å². The van der Waals surface area contributed by atoms with Crippen molar-refractivity contribution in [2.75, 3.05) is 11.9 Å². The molecule has 0 aliphatic heterocycles. The maximum absolute atomic E-state index is 13.2. The van der Waals surface area contributed by atoms with Crippen LogP contribution in [0.1, 0.15) is 47.5 Å². The van der Waals surface area contributed by atoms with Gasteiger partial charge in [-0.15, -0.1) is 11.3 Å². The van der Waals surface area contributed by atoms with Crippen LogP contribution in [-0.2, 0) is 22.4 Å². The lowest BCUT2D eigenvalue weighted by Crippen LogP contribution is -2.23. The second-order valence-electron chi connectivity index (χ2n) is 8.10. The van der Waals surface area contributed by atoms with E-state index in [1.165, 1.54) is 23.1 Å². The summed E-state index contributed by atoms with van der Waals surface area (Å²) < 4.78 is 16.4. The van der Waals surface area contributed by atoms with Gasteiger partial charge in [-0.3, -0.25) is 4.79 Å². The first-order valence-electron chi connectivity index (χ1n) is 11.5. The van der Waals surface area contributed by atoms with Crippen molar-refractivity contribution in [3.05, 3.63) is 52.8 Å². The van der Waals surface area contributed by atoms with E-state index in [2.05, 4.69) is 15.3 Å². The van der Waals surface area contributed by atoms with Crippen LogP contribution in [0.4, 0.5) is 5.00 Å². The smallest absolute Gasteiger partial charge is 0.341 e. The molecule has 0 fully saturated rings. The lowest BCUT2D eigenvalue weighted by Gasteiger charge is -2.13. The van der Waals surface area contributed by atoms with Crippen LogP contribution in [0.5, 0.6) is 0 Å². The molecule has 0 aromatic carbocycles. The van der Waals surface area contributed by atoms with Gasteiger partial charge in [-0.05, 0) is 69.4 Å². The second kappa shape index (κ2) is 10.2. The third-order valence-electron chi connectivity index (χ3n) is 5.75. The number of H-pyrrole nitrogens is 1. The third-order valence-corrected chi connectivity index (χ3v) is 7.94. The number of carbonyl (C=O) groups is 2. The lowest BCUT2D eigenvalue weighted by atomic mass is 9.95. The minimum atomic E-state index is -0.482. The van der Waals surface area contributed by atoms with Crippen molar-refractivity contribution in [2.45, 2.75) is 49.9 Å². The van der Waals surface area contributed by atoms with Crippen molar-refractivity contribution >= 4 is 40.0 Å². The van der Waals surface area contributed by atoms with Gasteiger partial charge in [0.25, 0.3) is 0 Å². The number of nitrogens with zero attached hydrogens (tertiary/aromatic N) is 1. The molecule has 10 heteroatoms. The van der Waals surface area contributed by atoms with E-state index in [0.29, 0.717) is 38.6 Å². The van der Waals surface area contributed by atoms with Crippen molar-refractivity contribution in [1.29, 1.82) is 0 Å². The Kier molecular flexibility index (Phi) is 6.83. The van der Waals surface area contributed by atoms with Gasteiger partial charge in [0.15, 0.2) is 16.7 Å². The van der Waals surface area contributed by atoms with Crippen LogP contribution >= 0.6 is 23.1 Å². The molecule has 1 unspecified atom stereocenters. The maximum atomic E-state index is 13.2. The van der Waals surface area contributed by atoms with Crippen molar-refractivity contribution in [2.24, 2.45) is 0 Å². The van der Waals surface area contributed by atoms with Crippen LogP contribution in [0, 0.1) is 0 Å².